The van der Waals surface area contributed by atoms with Crippen molar-refractivity contribution >= 4 is 15.9 Å². The summed E-state index contributed by atoms with van der Waals surface area (Å²) in [6.07, 6.45) is 1.51. The lowest BCUT2D eigenvalue weighted by molar-refractivity contribution is 0.0727. The third-order valence-corrected chi connectivity index (χ3v) is 5.67. The molecular formula is C17H19N3O5S. The molecule has 2 aromatic rings. The zero-order chi connectivity index (χ0) is 18.3. The summed E-state index contributed by atoms with van der Waals surface area (Å²) in [6.45, 7) is 2.25. The first-order chi connectivity index (χ1) is 12.4. The normalized spacial score (nSPS) is 20.2. The molecule has 9 heteroatoms. The lowest BCUT2D eigenvalue weighted by atomic mass is 10.1. The van der Waals surface area contributed by atoms with Gasteiger partial charge in [0.1, 0.15) is 11.5 Å². The van der Waals surface area contributed by atoms with Gasteiger partial charge in [-0.15, -0.1) is 0 Å². The first-order valence-electron chi connectivity index (χ1n) is 8.40. The van der Waals surface area contributed by atoms with Crippen LogP contribution in [0.3, 0.4) is 0 Å². The van der Waals surface area contributed by atoms with Crippen LogP contribution >= 0.6 is 0 Å². The molecule has 1 amide bonds. The molecule has 0 bridgehead atoms. The lowest BCUT2D eigenvalue weighted by Gasteiger charge is -2.25. The Kier molecular flexibility index (Phi) is 4.29. The van der Waals surface area contributed by atoms with E-state index in [0.717, 1.165) is 24.5 Å². The molecule has 3 heterocycles. The third kappa shape index (κ3) is 3.25. The molecule has 26 heavy (non-hydrogen) atoms. The summed E-state index contributed by atoms with van der Waals surface area (Å²) in [5, 5.41) is 5.08. The van der Waals surface area contributed by atoms with Gasteiger partial charge in [-0.1, -0.05) is 0 Å². The second-order valence-corrected chi connectivity index (χ2v) is 8.09. The summed E-state index contributed by atoms with van der Waals surface area (Å²) < 4.78 is 33.9. The Morgan fingerprint density at radius 2 is 2.04 bits per heavy atom. The first-order valence-corrected chi connectivity index (χ1v) is 9.95. The number of nitrogens with zero attached hydrogens (tertiary/aromatic N) is 2. The predicted molar refractivity (Wildman–Crippen MR) is 90.9 cm³/mol. The Bertz CT molecular complexity index is 930. The Morgan fingerprint density at radius 1 is 1.27 bits per heavy atom. The Morgan fingerprint density at radius 3 is 2.69 bits per heavy atom. The van der Waals surface area contributed by atoms with Crippen LogP contribution in [0.25, 0.3) is 0 Å². The molecule has 138 valence electrons. The second-order valence-electron chi connectivity index (χ2n) is 6.53. The minimum atomic E-state index is -3.77. The van der Waals surface area contributed by atoms with E-state index in [1.165, 1.54) is 24.3 Å². The molecule has 1 aromatic carbocycles. The van der Waals surface area contributed by atoms with Crippen molar-refractivity contribution in [3.63, 3.8) is 0 Å². The van der Waals surface area contributed by atoms with Crippen molar-refractivity contribution in [2.45, 2.75) is 30.2 Å². The number of nitrogens with two attached hydrogens (primary N) is 1. The molecule has 0 radical (unpaired) electrons. The molecule has 1 atom stereocenters. The highest BCUT2D eigenvalue weighted by Crippen LogP contribution is 2.29. The molecular weight excluding hydrogens is 358 g/mol. The number of ether oxygens (including phenoxy) is 1. The number of amides is 1. The van der Waals surface area contributed by atoms with Crippen molar-refractivity contribution in [3.05, 3.63) is 47.2 Å². The number of sulfonamides is 1. The molecule has 1 fully saturated rings. The van der Waals surface area contributed by atoms with E-state index in [2.05, 4.69) is 4.98 Å². The number of benzene rings is 1. The monoisotopic (exact) mass is 377 g/mol. The van der Waals surface area contributed by atoms with Crippen LogP contribution in [0, 0.1) is 0 Å². The van der Waals surface area contributed by atoms with E-state index in [0.29, 0.717) is 37.6 Å². The Labute approximate surface area is 151 Å². The number of fused-ring (bicyclic) bond motifs is 1. The van der Waals surface area contributed by atoms with Crippen LogP contribution in [-0.2, 0) is 27.7 Å². The van der Waals surface area contributed by atoms with Gasteiger partial charge in [-0.25, -0.2) is 18.5 Å². The minimum Gasteiger partial charge on any atom is -0.445 e. The summed E-state index contributed by atoms with van der Waals surface area (Å²) >= 11 is 0. The summed E-state index contributed by atoms with van der Waals surface area (Å²) in [7, 11) is -3.77. The van der Waals surface area contributed by atoms with Gasteiger partial charge in [0, 0.05) is 25.1 Å². The smallest absolute Gasteiger partial charge is 0.254 e. The van der Waals surface area contributed by atoms with Crippen molar-refractivity contribution in [1.82, 2.24) is 9.88 Å². The summed E-state index contributed by atoms with van der Waals surface area (Å²) in [6, 6.07) is 5.63. The van der Waals surface area contributed by atoms with Crippen molar-refractivity contribution in [1.29, 1.82) is 0 Å². The standard InChI is InChI=1S/C17H19N3O5S/c18-26(22,23)13-3-1-11(2-4-13)17(21)20-7-5-15-14(9-20)19-16(25-15)12-6-8-24-10-12/h1-4,12H,5-10H2,(H2,18,22,23). The molecule has 2 aliphatic rings. The molecule has 8 nitrogen and oxygen atoms in total. The largest absolute Gasteiger partial charge is 0.445 e. The zero-order valence-electron chi connectivity index (χ0n) is 14.1. The average Bonchev–Trinajstić information content (AvgIpc) is 3.29. The highest BCUT2D eigenvalue weighted by Gasteiger charge is 2.29. The van der Waals surface area contributed by atoms with E-state index in [1.54, 1.807) is 4.90 Å². The third-order valence-electron chi connectivity index (χ3n) is 4.74. The number of aromatic nitrogens is 1. The topological polar surface area (TPSA) is 116 Å². The SMILES string of the molecule is NS(=O)(=O)c1ccc(C(=O)N2CCc3oc(C4CCOC4)nc3C2)cc1. The number of hydrogen-bond acceptors (Lipinski definition) is 6. The molecule has 2 aliphatic heterocycles. The van der Waals surface area contributed by atoms with Gasteiger partial charge in [0.15, 0.2) is 5.89 Å². The van der Waals surface area contributed by atoms with E-state index < -0.39 is 10.0 Å². The van der Waals surface area contributed by atoms with E-state index in [9.17, 15) is 13.2 Å². The zero-order valence-corrected chi connectivity index (χ0v) is 14.9. The van der Waals surface area contributed by atoms with Crippen molar-refractivity contribution < 1.29 is 22.4 Å². The van der Waals surface area contributed by atoms with Gasteiger partial charge in [-0.3, -0.25) is 4.79 Å². The van der Waals surface area contributed by atoms with E-state index in [-0.39, 0.29) is 16.7 Å². The van der Waals surface area contributed by atoms with Crippen LogP contribution in [0.2, 0.25) is 0 Å². The fourth-order valence-electron chi connectivity index (χ4n) is 3.27. The van der Waals surface area contributed by atoms with Crippen LogP contribution in [0.15, 0.2) is 33.6 Å². The van der Waals surface area contributed by atoms with Gasteiger partial charge >= 0.3 is 0 Å². The molecule has 0 spiro atoms. The summed E-state index contributed by atoms with van der Waals surface area (Å²) in [5.74, 6) is 1.54. The van der Waals surface area contributed by atoms with E-state index in [1.807, 2.05) is 0 Å². The van der Waals surface area contributed by atoms with Crippen LogP contribution < -0.4 is 5.14 Å². The highest BCUT2D eigenvalue weighted by molar-refractivity contribution is 7.89. The maximum absolute atomic E-state index is 12.7. The molecule has 2 N–H and O–H groups in total. The Hall–Kier alpha value is -2.23. The van der Waals surface area contributed by atoms with Gasteiger partial charge in [0.05, 0.1) is 24.0 Å². The van der Waals surface area contributed by atoms with Crippen LogP contribution in [0.1, 0.15) is 40.0 Å². The quantitative estimate of drug-likeness (QED) is 0.854. The minimum absolute atomic E-state index is 0.0186. The molecule has 4 rings (SSSR count). The maximum Gasteiger partial charge on any atom is 0.254 e. The molecule has 1 aromatic heterocycles. The molecule has 0 aliphatic carbocycles. The van der Waals surface area contributed by atoms with Gasteiger partial charge in [0.2, 0.25) is 10.0 Å². The van der Waals surface area contributed by atoms with Crippen LogP contribution in [0.5, 0.6) is 0 Å². The van der Waals surface area contributed by atoms with Gasteiger partial charge in [-0.05, 0) is 30.7 Å². The predicted octanol–water partition coefficient (Wildman–Crippen LogP) is 1.02. The number of rotatable bonds is 3. The Balaban J connectivity index is 1.50. The fourth-order valence-corrected chi connectivity index (χ4v) is 3.78. The van der Waals surface area contributed by atoms with Gasteiger partial charge < -0.3 is 14.1 Å². The first kappa shape index (κ1) is 17.2. The van der Waals surface area contributed by atoms with Crippen molar-refractivity contribution in [3.8, 4) is 0 Å². The van der Waals surface area contributed by atoms with Crippen molar-refractivity contribution in [2.75, 3.05) is 19.8 Å². The number of carbonyl (C=O) groups is 1. The molecule has 1 saturated heterocycles. The van der Waals surface area contributed by atoms with Crippen molar-refractivity contribution in [2.24, 2.45) is 5.14 Å². The fraction of sp³-hybridized carbons (Fsp3) is 0.412. The number of primary sulfonamides is 1. The highest BCUT2D eigenvalue weighted by atomic mass is 32.2. The number of oxazole rings is 1. The maximum atomic E-state index is 12.7. The number of carbonyl (C=O) groups excluding carboxylic acids is 1. The van der Waals surface area contributed by atoms with Gasteiger partial charge in [-0.2, -0.15) is 0 Å². The summed E-state index contributed by atoms with van der Waals surface area (Å²) in [4.78, 5) is 18.9. The summed E-state index contributed by atoms with van der Waals surface area (Å²) in [5.41, 5.74) is 1.20. The van der Waals surface area contributed by atoms with Crippen LogP contribution in [0.4, 0.5) is 0 Å². The van der Waals surface area contributed by atoms with Gasteiger partial charge in [0.25, 0.3) is 5.91 Å². The van der Waals surface area contributed by atoms with Crippen LogP contribution in [-0.4, -0.2) is 44.0 Å². The second kappa shape index (κ2) is 6.49. The number of hydrogen-bond donors (Lipinski definition) is 1. The van der Waals surface area contributed by atoms with E-state index >= 15 is 0 Å². The lowest BCUT2D eigenvalue weighted by Crippen LogP contribution is -2.35. The average molecular weight is 377 g/mol. The molecule has 1 unspecified atom stereocenters. The molecule has 0 saturated carbocycles. The van der Waals surface area contributed by atoms with E-state index in [4.69, 9.17) is 14.3 Å².